The fourth-order valence-electron chi connectivity index (χ4n) is 1.56. The summed E-state index contributed by atoms with van der Waals surface area (Å²) in [6.07, 6.45) is 0. The van der Waals surface area contributed by atoms with Gasteiger partial charge in [0.25, 0.3) is 10.0 Å². The quantitative estimate of drug-likeness (QED) is 0.890. The molecule has 0 aliphatic carbocycles. The van der Waals surface area contributed by atoms with Crippen molar-refractivity contribution in [2.24, 2.45) is 5.73 Å². The van der Waals surface area contributed by atoms with Gasteiger partial charge in [-0.2, -0.15) is 0 Å². The summed E-state index contributed by atoms with van der Waals surface area (Å²) in [5.41, 5.74) is 6.58. The van der Waals surface area contributed by atoms with Gasteiger partial charge in [-0.05, 0) is 31.5 Å². The maximum absolute atomic E-state index is 12.1. The number of rotatable bonds is 4. The lowest BCUT2D eigenvalue weighted by atomic mass is 10.1. The molecule has 102 valence electrons. The van der Waals surface area contributed by atoms with E-state index in [1.165, 1.54) is 18.2 Å². The van der Waals surface area contributed by atoms with Gasteiger partial charge >= 0.3 is 0 Å². The second-order valence-electron chi connectivity index (χ2n) is 4.29. The second-order valence-corrected chi connectivity index (χ2v) is 5.97. The van der Waals surface area contributed by atoms with Gasteiger partial charge < -0.3 is 10.3 Å². The van der Waals surface area contributed by atoms with Crippen LogP contribution in [0.2, 0.25) is 0 Å². The molecule has 0 bridgehead atoms. The SMILES string of the molecule is Cc1cc(NS(=O)(=O)c2ccc(C(C)N)cc2)no1. The fourth-order valence-corrected chi connectivity index (χ4v) is 2.55. The summed E-state index contributed by atoms with van der Waals surface area (Å²) in [5, 5.41) is 3.59. The molecule has 1 atom stereocenters. The van der Waals surface area contributed by atoms with Crippen LogP contribution in [-0.4, -0.2) is 13.6 Å². The predicted octanol–water partition coefficient (Wildman–Crippen LogP) is 1.80. The Bertz CT molecular complexity index is 660. The highest BCUT2D eigenvalue weighted by atomic mass is 32.2. The van der Waals surface area contributed by atoms with Crippen molar-refractivity contribution in [3.8, 4) is 0 Å². The molecule has 1 heterocycles. The number of sulfonamides is 1. The zero-order chi connectivity index (χ0) is 14.0. The molecule has 2 aromatic rings. The van der Waals surface area contributed by atoms with Crippen LogP contribution < -0.4 is 10.5 Å². The first kappa shape index (κ1) is 13.6. The normalized spacial score (nSPS) is 13.2. The molecule has 6 nitrogen and oxygen atoms in total. The number of aromatic nitrogens is 1. The second kappa shape index (κ2) is 5.02. The third-order valence-corrected chi connectivity index (χ3v) is 3.95. The van der Waals surface area contributed by atoms with Crippen molar-refractivity contribution >= 4 is 15.8 Å². The van der Waals surface area contributed by atoms with Gasteiger partial charge in [0.1, 0.15) is 5.76 Å². The summed E-state index contributed by atoms with van der Waals surface area (Å²) in [7, 11) is -3.66. The van der Waals surface area contributed by atoms with E-state index >= 15 is 0 Å². The number of benzene rings is 1. The largest absolute Gasteiger partial charge is 0.360 e. The van der Waals surface area contributed by atoms with Gasteiger partial charge in [-0.15, -0.1) is 0 Å². The molecule has 1 unspecified atom stereocenters. The van der Waals surface area contributed by atoms with Crippen LogP contribution in [0.4, 0.5) is 5.82 Å². The molecule has 3 N–H and O–H groups in total. The van der Waals surface area contributed by atoms with E-state index in [9.17, 15) is 8.42 Å². The van der Waals surface area contributed by atoms with E-state index in [2.05, 4.69) is 9.88 Å². The first-order valence-corrected chi connectivity index (χ1v) is 7.18. The van der Waals surface area contributed by atoms with Gasteiger partial charge in [0, 0.05) is 12.1 Å². The Hall–Kier alpha value is -1.86. The maximum Gasteiger partial charge on any atom is 0.263 e. The highest BCUT2D eigenvalue weighted by molar-refractivity contribution is 7.92. The van der Waals surface area contributed by atoms with E-state index in [0.29, 0.717) is 5.76 Å². The van der Waals surface area contributed by atoms with E-state index in [-0.39, 0.29) is 16.8 Å². The predicted molar refractivity (Wildman–Crippen MR) is 71.1 cm³/mol. The minimum atomic E-state index is -3.66. The molecule has 0 fully saturated rings. The van der Waals surface area contributed by atoms with E-state index in [1.807, 2.05) is 6.92 Å². The smallest absolute Gasteiger partial charge is 0.263 e. The minimum Gasteiger partial charge on any atom is -0.360 e. The molecule has 0 saturated heterocycles. The van der Waals surface area contributed by atoms with Crippen molar-refractivity contribution in [1.29, 1.82) is 0 Å². The maximum atomic E-state index is 12.1. The number of hydrogen-bond donors (Lipinski definition) is 2. The Morgan fingerprint density at radius 2 is 1.95 bits per heavy atom. The summed E-state index contributed by atoms with van der Waals surface area (Å²) >= 11 is 0. The molecule has 19 heavy (non-hydrogen) atoms. The number of nitrogens with two attached hydrogens (primary N) is 1. The van der Waals surface area contributed by atoms with Crippen molar-refractivity contribution in [2.75, 3.05) is 4.72 Å². The summed E-state index contributed by atoms with van der Waals surface area (Å²) in [5.74, 6) is 0.693. The molecule has 0 radical (unpaired) electrons. The zero-order valence-corrected chi connectivity index (χ0v) is 11.4. The molecule has 2 rings (SSSR count). The van der Waals surface area contributed by atoms with Crippen LogP contribution in [0.5, 0.6) is 0 Å². The molecular weight excluding hydrogens is 266 g/mol. The Labute approximate surface area is 111 Å². The molecule has 1 aromatic carbocycles. The van der Waals surface area contributed by atoms with Gasteiger partial charge in [0.2, 0.25) is 0 Å². The topological polar surface area (TPSA) is 98.2 Å². The lowest BCUT2D eigenvalue weighted by Gasteiger charge is -2.08. The molecule has 0 aliphatic heterocycles. The van der Waals surface area contributed by atoms with E-state index in [1.54, 1.807) is 19.1 Å². The van der Waals surface area contributed by atoms with Crippen LogP contribution >= 0.6 is 0 Å². The van der Waals surface area contributed by atoms with Crippen LogP contribution in [0.25, 0.3) is 0 Å². The van der Waals surface area contributed by atoms with Crippen molar-refractivity contribution in [2.45, 2.75) is 24.8 Å². The van der Waals surface area contributed by atoms with Gasteiger partial charge in [-0.25, -0.2) is 8.42 Å². The van der Waals surface area contributed by atoms with Crippen LogP contribution in [0, 0.1) is 6.92 Å². The first-order chi connectivity index (χ1) is 8.88. The molecular formula is C12H15N3O3S. The molecule has 0 aliphatic rings. The average molecular weight is 281 g/mol. The van der Waals surface area contributed by atoms with E-state index in [4.69, 9.17) is 10.3 Å². The van der Waals surface area contributed by atoms with Crippen LogP contribution in [0.1, 0.15) is 24.3 Å². The Morgan fingerprint density at radius 1 is 1.32 bits per heavy atom. The molecule has 0 amide bonds. The number of nitrogens with one attached hydrogen (secondary N) is 1. The summed E-state index contributed by atoms with van der Waals surface area (Å²) in [6, 6.07) is 7.76. The van der Waals surface area contributed by atoms with Gasteiger partial charge in [0.15, 0.2) is 5.82 Å². The van der Waals surface area contributed by atoms with Gasteiger partial charge in [0.05, 0.1) is 4.90 Å². The standard InChI is InChI=1S/C12H15N3O3S/c1-8-7-12(14-18-8)15-19(16,17)11-5-3-10(4-6-11)9(2)13/h3-7,9H,13H2,1-2H3,(H,14,15). The molecule has 7 heteroatoms. The van der Waals surface area contributed by atoms with Gasteiger partial charge in [-0.1, -0.05) is 17.3 Å². The molecule has 1 aromatic heterocycles. The van der Waals surface area contributed by atoms with Gasteiger partial charge in [-0.3, -0.25) is 4.72 Å². The van der Waals surface area contributed by atoms with Crippen LogP contribution in [0.15, 0.2) is 39.8 Å². The van der Waals surface area contributed by atoms with E-state index < -0.39 is 10.0 Å². The third-order valence-electron chi connectivity index (χ3n) is 2.58. The number of nitrogens with zero attached hydrogens (tertiary/aromatic N) is 1. The van der Waals surface area contributed by atoms with Crippen molar-refractivity contribution in [1.82, 2.24) is 5.16 Å². The summed E-state index contributed by atoms with van der Waals surface area (Å²) < 4.78 is 31.3. The lowest BCUT2D eigenvalue weighted by molar-refractivity contribution is 0.400. The third kappa shape index (κ3) is 3.12. The van der Waals surface area contributed by atoms with Crippen molar-refractivity contribution in [3.05, 3.63) is 41.7 Å². The fraction of sp³-hybridized carbons (Fsp3) is 0.250. The number of aryl methyl sites for hydroxylation is 1. The van der Waals surface area contributed by atoms with Crippen molar-refractivity contribution in [3.63, 3.8) is 0 Å². The minimum absolute atomic E-state index is 0.136. The van der Waals surface area contributed by atoms with Crippen LogP contribution in [0.3, 0.4) is 0 Å². The molecule has 0 saturated carbocycles. The Kier molecular flexibility index (Phi) is 3.59. The zero-order valence-electron chi connectivity index (χ0n) is 10.6. The first-order valence-electron chi connectivity index (χ1n) is 5.70. The molecule has 0 spiro atoms. The Morgan fingerprint density at radius 3 is 2.42 bits per heavy atom. The average Bonchev–Trinajstić information content (AvgIpc) is 2.74. The Balaban J connectivity index is 2.24. The van der Waals surface area contributed by atoms with Crippen molar-refractivity contribution < 1.29 is 12.9 Å². The number of hydrogen-bond acceptors (Lipinski definition) is 5. The highest BCUT2D eigenvalue weighted by Crippen LogP contribution is 2.18. The summed E-state index contributed by atoms with van der Waals surface area (Å²) in [6.45, 7) is 3.52. The van der Waals surface area contributed by atoms with E-state index in [0.717, 1.165) is 5.56 Å². The monoisotopic (exact) mass is 281 g/mol. The van der Waals surface area contributed by atoms with Crippen LogP contribution in [-0.2, 0) is 10.0 Å². The highest BCUT2D eigenvalue weighted by Gasteiger charge is 2.16. The number of anilines is 1. The lowest BCUT2D eigenvalue weighted by Crippen LogP contribution is -2.13. The summed E-state index contributed by atoms with van der Waals surface area (Å²) in [4.78, 5) is 0.151.